The molecule has 1 rings (SSSR count). The van der Waals surface area contributed by atoms with Gasteiger partial charge in [0.05, 0.1) is 5.56 Å². The van der Waals surface area contributed by atoms with Gasteiger partial charge in [-0.3, -0.25) is 0 Å². The highest BCUT2D eigenvalue weighted by Crippen LogP contribution is 2.18. The summed E-state index contributed by atoms with van der Waals surface area (Å²) in [6.07, 6.45) is 1.56. The molecule has 0 aliphatic carbocycles. The van der Waals surface area contributed by atoms with Gasteiger partial charge in [0, 0.05) is 9.49 Å². The summed E-state index contributed by atoms with van der Waals surface area (Å²) < 4.78 is 0.945. The fourth-order valence-corrected chi connectivity index (χ4v) is 1.93. The van der Waals surface area contributed by atoms with Crippen molar-refractivity contribution in [1.82, 2.24) is 0 Å². The molecule has 0 fully saturated rings. The van der Waals surface area contributed by atoms with Gasteiger partial charge in [-0.2, -0.15) is 5.26 Å². The molecule has 0 aliphatic heterocycles. The quantitative estimate of drug-likeness (QED) is 0.635. The number of hydrogen-bond donors (Lipinski definition) is 0. The SMILES string of the molecule is CC(C=O)Cc1cccc(I)c1C#N. The predicted molar refractivity (Wildman–Crippen MR) is 62.8 cm³/mol. The van der Waals surface area contributed by atoms with E-state index in [1.54, 1.807) is 0 Å². The van der Waals surface area contributed by atoms with Gasteiger partial charge >= 0.3 is 0 Å². The van der Waals surface area contributed by atoms with E-state index in [1.807, 2.05) is 25.1 Å². The second-order valence-electron chi connectivity index (χ2n) is 3.20. The fourth-order valence-electron chi connectivity index (χ4n) is 1.26. The van der Waals surface area contributed by atoms with Crippen molar-refractivity contribution in [2.24, 2.45) is 5.92 Å². The Bertz CT molecular complexity index is 381. The summed E-state index contributed by atoms with van der Waals surface area (Å²) in [5, 5.41) is 8.94. The standard InChI is InChI=1S/C11H10INO/c1-8(7-14)5-9-3-2-4-11(12)10(9)6-13/h2-4,7-8H,5H2,1H3. The monoisotopic (exact) mass is 299 g/mol. The van der Waals surface area contributed by atoms with Crippen molar-refractivity contribution < 1.29 is 4.79 Å². The van der Waals surface area contributed by atoms with Crippen LogP contribution in [0.2, 0.25) is 0 Å². The number of hydrogen-bond acceptors (Lipinski definition) is 2. The molecule has 0 spiro atoms. The zero-order valence-electron chi connectivity index (χ0n) is 7.83. The molecule has 0 heterocycles. The van der Waals surface area contributed by atoms with Crippen LogP contribution < -0.4 is 0 Å². The highest BCUT2D eigenvalue weighted by Gasteiger charge is 2.08. The average molecular weight is 299 g/mol. The van der Waals surface area contributed by atoms with Crippen LogP contribution in [0.1, 0.15) is 18.1 Å². The zero-order valence-corrected chi connectivity index (χ0v) is 9.98. The van der Waals surface area contributed by atoms with Gasteiger partial charge in [0.1, 0.15) is 12.4 Å². The van der Waals surface area contributed by atoms with Crippen molar-refractivity contribution >= 4 is 28.9 Å². The number of nitriles is 1. The Kier molecular flexibility index (Phi) is 4.08. The number of halogens is 1. The second kappa shape index (κ2) is 5.11. The molecule has 0 bridgehead atoms. The first kappa shape index (κ1) is 11.2. The topological polar surface area (TPSA) is 40.9 Å². The van der Waals surface area contributed by atoms with Crippen LogP contribution in [0.3, 0.4) is 0 Å². The molecule has 1 aromatic carbocycles. The van der Waals surface area contributed by atoms with E-state index in [4.69, 9.17) is 5.26 Å². The Morgan fingerprint density at radius 2 is 2.36 bits per heavy atom. The normalized spacial score (nSPS) is 11.8. The second-order valence-corrected chi connectivity index (χ2v) is 4.37. The molecule has 72 valence electrons. The van der Waals surface area contributed by atoms with Crippen molar-refractivity contribution in [3.05, 3.63) is 32.9 Å². The van der Waals surface area contributed by atoms with Crippen LogP contribution in [0, 0.1) is 20.8 Å². The molecule has 0 aromatic heterocycles. The van der Waals surface area contributed by atoms with Crippen LogP contribution in [0.15, 0.2) is 18.2 Å². The molecule has 1 atom stereocenters. The fraction of sp³-hybridized carbons (Fsp3) is 0.273. The molecular formula is C11H10INO. The number of benzene rings is 1. The molecule has 0 radical (unpaired) electrons. The summed E-state index contributed by atoms with van der Waals surface area (Å²) in [6.45, 7) is 1.86. The Labute approximate surface area is 97.1 Å². The predicted octanol–water partition coefficient (Wildman–Crippen LogP) is 2.54. The van der Waals surface area contributed by atoms with Crippen molar-refractivity contribution in [2.75, 3.05) is 0 Å². The maximum Gasteiger partial charge on any atom is 0.123 e. The maximum absolute atomic E-state index is 10.5. The summed E-state index contributed by atoms with van der Waals surface area (Å²) in [7, 11) is 0. The van der Waals surface area contributed by atoms with Crippen LogP contribution in [-0.2, 0) is 11.2 Å². The van der Waals surface area contributed by atoms with Crippen LogP contribution in [-0.4, -0.2) is 6.29 Å². The Morgan fingerprint density at radius 1 is 1.64 bits per heavy atom. The van der Waals surface area contributed by atoms with Gasteiger partial charge in [0.2, 0.25) is 0 Å². The Balaban J connectivity index is 3.03. The molecular weight excluding hydrogens is 289 g/mol. The van der Waals surface area contributed by atoms with Crippen LogP contribution in [0.4, 0.5) is 0 Å². The van der Waals surface area contributed by atoms with Crippen LogP contribution in [0.25, 0.3) is 0 Å². The highest BCUT2D eigenvalue weighted by atomic mass is 127. The summed E-state index contributed by atoms with van der Waals surface area (Å²) in [5.41, 5.74) is 1.65. The molecule has 3 heteroatoms. The molecule has 0 saturated carbocycles. The van der Waals surface area contributed by atoms with E-state index >= 15 is 0 Å². The Hall–Kier alpha value is -0.890. The van der Waals surface area contributed by atoms with E-state index < -0.39 is 0 Å². The van der Waals surface area contributed by atoms with E-state index in [0.717, 1.165) is 15.4 Å². The lowest BCUT2D eigenvalue weighted by Gasteiger charge is -2.06. The first-order valence-corrected chi connectivity index (χ1v) is 5.39. The third-order valence-electron chi connectivity index (χ3n) is 1.99. The first-order valence-electron chi connectivity index (χ1n) is 4.31. The molecule has 0 aliphatic rings. The number of carbonyl (C=O) groups is 1. The van der Waals surface area contributed by atoms with E-state index in [2.05, 4.69) is 28.7 Å². The minimum atomic E-state index is -0.0275. The lowest BCUT2D eigenvalue weighted by atomic mass is 9.98. The number of aldehydes is 1. The number of nitrogens with zero attached hydrogens (tertiary/aromatic N) is 1. The van der Waals surface area contributed by atoms with Crippen molar-refractivity contribution in [2.45, 2.75) is 13.3 Å². The molecule has 2 nitrogen and oxygen atoms in total. The van der Waals surface area contributed by atoms with Gasteiger partial charge in [-0.15, -0.1) is 0 Å². The van der Waals surface area contributed by atoms with E-state index in [-0.39, 0.29) is 5.92 Å². The zero-order chi connectivity index (χ0) is 10.6. The van der Waals surface area contributed by atoms with Crippen LogP contribution in [0.5, 0.6) is 0 Å². The minimum Gasteiger partial charge on any atom is -0.303 e. The molecule has 1 aromatic rings. The third-order valence-corrected chi connectivity index (χ3v) is 2.88. The van der Waals surface area contributed by atoms with Gasteiger partial charge in [-0.1, -0.05) is 19.1 Å². The van der Waals surface area contributed by atoms with Gasteiger partial charge in [0.15, 0.2) is 0 Å². The summed E-state index contributed by atoms with van der Waals surface area (Å²) in [5.74, 6) is -0.0275. The summed E-state index contributed by atoms with van der Waals surface area (Å²) in [4.78, 5) is 10.5. The third kappa shape index (κ3) is 2.55. The van der Waals surface area contributed by atoms with Crippen molar-refractivity contribution in [3.63, 3.8) is 0 Å². The van der Waals surface area contributed by atoms with Crippen molar-refractivity contribution in [1.29, 1.82) is 5.26 Å². The van der Waals surface area contributed by atoms with E-state index in [9.17, 15) is 4.79 Å². The van der Waals surface area contributed by atoms with Gasteiger partial charge in [0.25, 0.3) is 0 Å². The molecule has 0 saturated heterocycles. The molecule has 1 unspecified atom stereocenters. The number of carbonyl (C=O) groups excluding carboxylic acids is 1. The highest BCUT2D eigenvalue weighted by molar-refractivity contribution is 14.1. The van der Waals surface area contributed by atoms with Gasteiger partial charge in [-0.25, -0.2) is 0 Å². The van der Waals surface area contributed by atoms with Crippen molar-refractivity contribution in [3.8, 4) is 6.07 Å². The van der Waals surface area contributed by atoms with Crippen LogP contribution >= 0.6 is 22.6 Å². The van der Waals surface area contributed by atoms with E-state index in [0.29, 0.717) is 12.0 Å². The lowest BCUT2D eigenvalue weighted by Crippen LogP contribution is -2.03. The summed E-state index contributed by atoms with van der Waals surface area (Å²) in [6, 6.07) is 7.88. The largest absolute Gasteiger partial charge is 0.303 e. The lowest BCUT2D eigenvalue weighted by molar-refractivity contribution is -0.110. The molecule has 0 N–H and O–H groups in total. The Morgan fingerprint density at radius 3 is 2.93 bits per heavy atom. The van der Waals surface area contributed by atoms with E-state index in [1.165, 1.54) is 0 Å². The average Bonchev–Trinajstić information content (AvgIpc) is 2.18. The summed E-state index contributed by atoms with van der Waals surface area (Å²) >= 11 is 2.13. The first-order chi connectivity index (χ1) is 6.69. The minimum absolute atomic E-state index is 0.0275. The number of rotatable bonds is 3. The maximum atomic E-state index is 10.5. The molecule has 0 amide bonds. The van der Waals surface area contributed by atoms with Gasteiger partial charge < -0.3 is 4.79 Å². The smallest absolute Gasteiger partial charge is 0.123 e. The van der Waals surface area contributed by atoms with Gasteiger partial charge in [-0.05, 0) is 40.6 Å². The molecule has 14 heavy (non-hydrogen) atoms.